The SMILES string of the molecule is CCCNCCNC(=O)Cc1csc(-c2cccc(Br)c2)n1. The summed E-state index contributed by atoms with van der Waals surface area (Å²) in [6, 6.07) is 8.02. The molecule has 1 amide bonds. The summed E-state index contributed by atoms with van der Waals surface area (Å²) in [6.07, 6.45) is 1.43. The Bertz CT molecular complexity index is 615. The third kappa shape index (κ3) is 5.51. The zero-order valence-electron chi connectivity index (χ0n) is 12.6. The molecule has 0 fully saturated rings. The van der Waals surface area contributed by atoms with E-state index >= 15 is 0 Å². The van der Waals surface area contributed by atoms with E-state index in [0.717, 1.165) is 40.2 Å². The van der Waals surface area contributed by atoms with Gasteiger partial charge in [-0.25, -0.2) is 4.98 Å². The second-order valence-corrected chi connectivity index (χ2v) is 6.70. The monoisotopic (exact) mass is 381 g/mol. The number of nitrogens with zero attached hydrogens (tertiary/aromatic N) is 1. The first-order chi connectivity index (χ1) is 10.7. The molecule has 6 heteroatoms. The summed E-state index contributed by atoms with van der Waals surface area (Å²) in [5.41, 5.74) is 1.88. The Morgan fingerprint density at radius 1 is 1.32 bits per heavy atom. The number of hydrogen-bond acceptors (Lipinski definition) is 4. The van der Waals surface area contributed by atoms with E-state index in [0.29, 0.717) is 13.0 Å². The summed E-state index contributed by atoms with van der Waals surface area (Å²) in [5.74, 6) is 0.0180. The lowest BCUT2D eigenvalue weighted by molar-refractivity contribution is -0.120. The molecule has 0 bridgehead atoms. The molecule has 22 heavy (non-hydrogen) atoms. The molecule has 0 aliphatic heterocycles. The summed E-state index contributed by atoms with van der Waals surface area (Å²) in [5, 5.41) is 9.04. The molecule has 1 aromatic carbocycles. The standard InChI is InChI=1S/C16H20BrN3OS/c1-2-6-18-7-8-19-15(21)10-14-11-22-16(20-14)12-4-3-5-13(17)9-12/h3-5,9,11,18H,2,6-8,10H2,1H3,(H,19,21). The van der Waals surface area contributed by atoms with Crippen LogP contribution in [0.2, 0.25) is 0 Å². The van der Waals surface area contributed by atoms with Gasteiger partial charge in [-0.05, 0) is 25.1 Å². The molecule has 0 saturated heterocycles. The van der Waals surface area contributed by atoms with E-state index in [1.54, 1.807) is 11.3 Å². The smallest absolute Gasteiger partial charge is 0.226 e. The van der Waals surface area contributed by atoms with Crippen molar-refractivity contribution in [2.45, 2.75) is 19.8 Å². The Kier molecular flexibility index (Phi) is 7.02. The highest BCUT2D eigenvalue weighted by atomic mass is 79.9. The quantitative estimate of drug-likeness (QED) is 0.690. The third-order valence-corrected chi connectivity index (χ3v) is 4.45. The Morgan fingerprint density at radius 2 is 2.18 bits per heavy atom. The molecule has 0 unspecified atom stereocenters. The van der Waals surface area contributed by atoms with Crippen molar-refractivity contribution in [2.24, 2.45) is 0 Å². The van der Waals surface area contributed by atoms with Gasteiger partial charge in [-0.15, -0.1) is 11.3 Å². The number of carbonyl (C=O) groups excluding carboxylic acids is 1. The highest BCUT2D eigenvalue weighted by Gasteiger charge is 2.09. The molecule has 0 aliphatic carbocycles. The van der Waals surface area contributed by atoms with Crippen LogP contribution in [-0.4, -0.2) is 30.5 Å². The van der Waals surface area contributed by atoms with E-state index in [9.17, 15) is 4.79 Å². The largest absolute Gasteiger partial charge is 0.354 e. The minimum atomic E-state index is 0.0180. The van der Waals surface area contributed by atoms with Gasteiger partial charge in [0.05, 0.1) is 12.1 Å². The van der Waals surface area contributed by atoms with Gasteiger partial charge in [0.25, 0.3) is 0 Å². The average molecular weight is 382 g/mol. The van der Waals surface area contributed by atoms with Gasteiger partial charge in [0, 0.05) is 28.5 Å². The van der Waals surface area contributed by atoms with Gasteiger partial charge in [0.1, 0.15) is 5.01 Å². The minimum absolute atomic E-state index is 0.0180. The Morgan fingerprint density at radius 3 is 2.95 bits per heavy atom. The molecule has 2 rings (SSSR count). The fourth-order valence-corrected chi connectivity index (χ4v) is 3.18. The van der Waals surface area contributed by atoms with Crippen molar-refractivity contribution in [3.63, 3.8) is 0 Å². The number of benzene rings is 1. The van der Waals surface area contributed by atoms with Gasteiger partial charge in [0.2, 0.25) is 5.91 Å². The van der Waals surface area contributed by atoms with Gasteiger partial charge >= 0.3 is 0 Å². The van der Waals surface area contributed by atoms with Gasteiger partial charge in [-0.1, -0.05) is 35.0 Å². The molecular weight excluding hydrogens is 362 g/mol. The summed E-state index contributed by atoms with van der Waals surface area (Å²) < 4.78 is 1.03. The van der Waals surface area contributed by atoms with Crippen LogP contribution in [0.4, 0.5) is 0 Å². The van der Waals surface area contributed by atoms with E-state index in [4.69, 9.17) is 0 Å². The summed E-state index contributed by atoms with van der Waals surface area (Å²) >= 11 is 5.02. The Labute approximate surface area is 143 Å². The molecule has 2 aromatic rings. The van der Waals surface area contributed by atoms with Crippen LogP contribution in [0.5, 0.6) is 0 Å². The van der Waals surface area contributed by atoms with Crippen LogP contribution in [0.15, 0.2) is 34.1 Å². The summed E-state index contributed by atoms with van der Waals surface area (Å²) in [4.78, 5) is 16.4. The van der Waals surface area contributed by atoms with Crippen LogP contribution in [0.3, 0.4) is 0 Å². The highest BCUT2D eigenvalue weighted by Crippen LogP contribution is 2.26. The summed E-state index contributed by atoms with van der Waals surface area (Å²) in [7, 11) is 0. The molecule has 1 aromatic heterocycles. The van der Waals surface area contributed by atoms with Crippen LogP contribution in [0.25, 0.3) is 10.6 Å². The van der Waals surface area contributed by atoms with Crippen LogP contribution < -0.4 is 10.6 Å². The Hall–Kier alpha value is -1.24. The van der Waals surface area contributed by atoms with Crippen molar-refractivity contribution in [1.82, 2.24) is 15.6 Å². The fraction of sp³-hybridized carbons (Fsp3) is 0.375. The molecule has 0 spiro atoms. The predicted octanol–water partition coefficient (Wildman–Crippen LogP) is 3.23. The maximum absolute atomic E-state index is 11.9. The van der Waals surface area contributed by atoms with Gasteiger partial charge in [-0.3, -0.25) is 4.79 Å². The zero-order chi connectivity index (χ0) is 15.8. The van der Waals surface area contributed by atoms with Gasteiger partial charge in [-0.2, -0.15) is 0 Å². The number of halogens is 1. The minimum Gasteiger partial charge on any atom is -0.354 e. The third-order valence-electron chi connectivity index (χ3n) is 3.02. The normalized spacial score (nSPS) is 10.6. The molecule has 4 nitrogen and oxygen atoms in total. The number of rotatable bonds is 8. The molecular formula is C16H20BrN3OS. The van der Waals surface area contributed by atoms with Crippen LogP contribution >= 0.6 is 27.3 Å². The van der Waals surface area contributed by atoms with E-state index in [1.807, 2.05) is 29.6 Å². The number of amides is 1. The topological polar surface area (TPSA) is 54.0 Å². The highest BCUT2D eigenvalue weighted by molar-refractivity contribution is 9.10. The van der Waals surface area contributed by atoms with Crippen molar-refractivity contribution in [3.05, 3.63) is 39.8 Å². The van der Waals surface area contributed by atoms with Crippen molar-refractivity contribution in [3.8, 4) is 10.6 Å². The Balaban J connectivity index is 1.83. The first kappa shape index (κ1) is 17.1. The predicted molar refractivity (Wildman–Crippen MR) is 95.1 cm³/mol. The lowest BCUT2D eigenvalue weighted by atomic mass is 10.2. The zero-order valence-corrected chi connectivity index (χ0v) is 15.0. The number of nitrogens with one attached hydrogen (secondary N) is 2. The molecule has 1 heterocycles. The first-order valence-corrected chi connectivity index (χ1v) is 9.04. The van der Waals surface area contributed by atoms with Gasteiger partial charge in [0.15, 0.2) is 0 Å². The van der Waals surface area contributed by atoms with Gasteiger partial charge < -0.3 is 10.6 Å². The number of aromatic nitrogens is 1. The summed E-state index contributed by atoms with van der Waals surface area (Å²) in [6.45, 7) is 4.57. The van der Waals surface area contributed by atoms with E-state index in [1.165, 1.54) is 0 Å². The lowest BCUT2D eigenvalue weighted by Gasteiger charge is -2.05. The first-order valence-electron chi connectivity index (χ1n) is 7.37. The number of carbonyl (C=O) groups is 1. The molecule has 0 aliphatic rings. The molecule has 0 saturated carbocycles. The second kappa shape index (κ2) is 9.02. The number of thiazole rings is 1. The van der Waals surface area contributed by atoms with E-state index in [-0.39, 0.29) is 5.91 Å². The lowest BCUT2D eigenvalue weighted by Crippen LogP contribution is -2.33. The van der Waals surface area contributed by atoms with Crippen LogP contribution in [0, 0.1) is 0 Å². The second-order valence-electron chi connectivity index (χ2n) is 4.93. The van der Waals surface area contributed by atoms with E-state index in [2.05, 4.69) is 38.5 Å². The van der Waals surface area contributed by atoms with Crippen molar-refractivity contribution < 1.29 is 4.79 Å². The maximum atomic E-state index is 11.9. The number of hydrogen-bond donors (Lipinski definition) is 2. The average Bonchev–Trinajstić information content (AvgIpc) is 2.95. The fourth-order valence-electron chi connectivity index (χ4n) is 1.96. The van der Waals surface area contributed by atoms with Crippen molar-refractivity contribution in [2.75, 3.05) is 19.6 Å². The van der Waals surface area contributed by atoms with Crippen LogP contribution in [-0.2, 0) is 11.2 Å². The molecule has 2 N–H and O–H groups in total. The van der Waals surface area contributed by atoms with E-state index < -0.39 is 0 Å². The van der Waals surface area contributed by atoms with Crippen molar-refractivity contribution in [1.29, 1.82) is 0 Å². The van der Waals surface area contributed by atoms with Crippen LogP contribution in [0.1, 0.15) is 19.0 Å². The van der Waals surface area contributed by atoms with Crippen molar-refractivity contribution >= 4 is 33.2 Å². The molecule has 0 atom stereocenters. The molecule has 118 valence electrons. The molecule has 0 radical (unpaired) electrons. The maximum Gasteiger partial charge on any atom is 0.226 e.